The van der Waals surface area contributed by atoms with Crippen molar-refractivity contribution < 1.29 is 4.79 Å². The first-order valence-electron chi connectivity index (χ1n) is 5.57. The smallest absolute Gasteiger partial charge is 0.120 e. The maximum Gasteiger partial charge on any atom is 0.120 e. The third kappa shape index (κ3) is 3.38. The van der Waals surface area contributed by atoms with Gasteiger partial charge in [0.25, 0.3) is 0 Å². The zero-order valence-corrected chi connectivity index (χ0v) is 10.2. The molecule has 0 aliphatic heterocycles. The highest BCUT2D eigenvalue weighted by Gasteiger charge is 2.15. The van der Waals surface area contributed by atoms with E-state index in [1.165, 1.54) is 0 Å². The quantitative estimate of drug-likeness (QED) is 0.737. The lowest BCUT2D eigenvalue weighted by Crippen LogP contribution is -2.15. The van der Waals surface area contributed by atoms with Gasteiger partial charge in [0.2, 0.25) is 0 Å². The number of aldehydes is 1. The molecule has 0 saturated heterocycles. The van der Waals surface area contributed by atoms with Crippen molar-refractivity contribution in [3.8, 4) is 0 Å². The number of rotatable bonds is 6. The monoisotopic (exact) mass is 221 g/mol. The highest BCUT2D eigenvalue weighted by Crippen LogP contribution is 2.22. The Morgan fingerprint density at radius 2 is 2.25 bits per heavy atom. The minimum atomic E-state index is 0.178. The molecular formula is C12H19N3O. The van der Waals surface area contributed by atoms with E-state index in [2.05, 4.69) is 15.3 Å². The van der Waals surface area contributed by atoms with Crippen LogP contribution < -0.4 is 5.32 Å². The molecule has 0 radical (unpaired) electrons. The average Bonchev–Trinajstić information content (AvgIpc) is 2.28. The second kappa shape index (κ2) is 6.33. The summed E-state index contributed by atoms with van der Waals surface area (Å²) in [5.41, 5.74) is 2.79. The minimum Gasteiger partial charge on any atom is -0.320 e. The molecule has 1 atom stereocenters. The van der Waals surface area contributed by atoms with Crippen molar-refractivity contribution in [3.05, 3.63) is 23.3 Å². The van der Waals surface area contributed by atoms with E-state index >= 15 is 0 Å². The fourth-order valence-electron chi connectivity index (χ4n) is 1.74. The molecule has 0 aromatic carbocycles. The van der Waals surface area contributed by atoms with Crippen molar-refractivity contribution in [1.29, 1.82) is 0 Å². The Morgan fingerprint density at radius 3 is 2.88 bits per heavy atom. The Morgan fingerprint density at radius 1 is 1.50 bits per heavy atom. The number of aromatic nitrogens is 2. The van der Waals surface area contributed by atoms with Crippen LogP contribution in [0.15, 0.2) is 6.20 Å². The molecule has 1 unspecified atom stereocenters. The van der Waals surface area contributed by atoms with Gasteiger partial charge in [-0.3, -0.25) is 9.97 Å². The molecule has 1 aromatic heterocycles. The second-order valence-electron chi connectivity index (χ2n) is 3.97. The van der Waals surface area contributed by atoms with E-state index in [4.69, 9.17) is 0 Å². The zero-order valence-electron chi connectivity index (χ0n) is 10.2. The van der Waals surface area contributed by atoms with Gasteiger partial charge in [-0.25, -0.2) is 0 Å². The van der Waals surface area contributed by atoms with Crippen LogP contribution in [0.25, 0.3) is 0 Å². The minimum absolute atomic E-state index is 0.178. The van der Waals surface area contributed by atoms with Crippen LogP contribution in [-0.2, 0) is 4.79 Å². The van der Waals surface area contributed by atoms with E-state index in [1.807, 2.05) is 20.9 Å². The van der Waals surface area contributed by atoms with E-state index in [0.29, 0.717) is 6.42 Å². The summed E-state index contributed by atoms with van der Waals surface area (Å²) in [4.78, 5) is 19.5. The largest absolute Gasteiger partial charge is 0.320 e. The van der Waals surface area contributed by atoms with Crippen LogP contribution in [0.3, 0.4) is 0 Å². The van der Waals surface area contributed by atoms with Gasteiger partial charge in [0.15, 0.2) is 0 Å². The summed E-state index contributed by atoms with van der Waals surface area (Å²) in [6.07, 6.45) is 4.15. The molecule has 0 spiro atoms. The van der Waals surface area contributed by atoms with E-state index in [9.17, 15) is 4.79 Å². The number of hydrogen-bond acceptors (Lipinski definition) is 4. The molecule has 16 heavy (non-hydrogen) atoms. The molecular weight excluding hydrogens is 202 g/mol. The maximum absolute atomic E-state index is 10.7. The Hall–Kier alpha value is -1.29. The van der Waals surface area contributed by atoms with Gasteiger partial charge in [-0.2, -0.15) is 0 Å². The number of nitrogens with zero attached hydrogens (tertiary/aromatic N) is 2. The molecule has 0 aliphatic rings. The summed E-state index contributed by atoms with van der Waals surface area (Å²) >= 11 is 0. The molecule has 0 fully saturated rings. The van der Waals surface area contributed by atoms with Gasteiger partial charge < -0.3 is 10.1 Å². The molecule has 0 saturated carbocycles. The van der Waals surface area contributed by atoms with Crippen molar-refractivity contribution in [2.75, 3.05) is 13.6 Å². The summed E-state index contributed by atoms with van der Waals surface area (Å²) in [6.45, 7) is 4.75. The van der Waals surface area contributed by atoms with Gasteiger partial charge in [0.05, 0.1) is 17.1 Å². The predicted molar refractivity (Wildman–Crippen MR) is 63.5 cm³/mol. The Labute approximate surface area is 96.5 Å². The lowest BCUT2D eigenvalue weighted by Gasteiger charge is -2.15. The van der Waals surface area contributed by atoms with Crippen molar-refractivity contribution in [1.82, 2.24) is 15.3 Å². The normalized spacial score (nSPS) is 12.4. The zero-order chi connectivity index (χ0) is 12.0. The fraction of sp³-hybridized carbons (Fsp3) is 0.583. The molecule has 0 bridgehead atoms. The molecule has 1 N–H and O–H groups in total. The predicted octanol–water partition coefficient (Wildman–Crippen LogP) is 1.38. The Kier molecular flexibility index (Phi) is 5.05. The molecule has 1 heterocycles. The number of nitrogens with one attached hydrogen (secondary N) is 1. The van der Waals surface area contributed by atoms with E-state index in [1.54, 1.807) is 6.20 Å². The molecule has 4 nitrogen and oxygen atoms in total. The second-order valence-corrected chi connectivity index (χ2v) is 3.97. The highest BCUT2D eigenvalue weighted by atomic mass is 16.1. The van der Waals surface area contributed by atoms with E-state index in [0.717, 1.165) is 36.3 Å². The molecule has 4 heteroatoms. The van der Waals surface area contributed by atoms with Crippen molar-refractivity contribution >= 4 is 6.29 Å². The highest BCUT2D eigenvalue weighted by molar-refractivity contribution is 5.51. The van der Waals surface area contributed by atoms with Crippen LogP contribution in [-0.4, -0.2) is 29.8 Å². The van der Waals surface area contributed by atoms with Gasteiger partial charge in [0.1, 0.15) is 6.29 Å². The number of aryl methyl sites for hydroxylation is 2. The molecule has 1 rings (SSSR count). The SMILES string of the molecule is CNCCC(CC=O)c1nc(C)cnc1C. The van der Waals surface area contributed by atoms with Crippen LogP contribution in [0.2, 0.25) is 0 Å². The number of carbonyl (C=O) groups is 1. The Balaban J connectivity index is 2.90. The number of hydrogen-bond donors (Lipinski definition) is 1. The number of carbonyl (C=O) groups excluding carboxylic acids is 1. The average molecular weight is 221 g/mol. The summed E-state index contributed by atoms with van der Waals surface area (Å²) in [6, 6.07) is 0. The fourth-order valence-corrected chi connectivity index (χ4v) is 1.74. The maximum atomic E-state index is 10.7. The van der Waals surface area contributed by atoms with E-state index < -0.39 is 0 Å². The van der Waals surface area contributed by atoms with Crippen molar-refractivity contribution in [2.24, 2.45) is 0 Å². The summed E-state index contributed by atoms with van der Waals surface area (Å²) in [7, 11) is 1.91. The van der Waals surface area contributed by atoms with Crippen LogP contribution in [0.1, 0.15) is 35.8 Å². The first-order valence-corrected chi connectivity index (χ1v) is 5.57. The van der Waals surface area contributed by atoms with Gasteiger partial charge >= 0.3 is 0 Å². The first-order chi connectivity index (χ1) is 7.69. The molecule has 0 amide bonds. The lowest BCUT2D eigenvalue weighted by atomic mass is 9.96. The van der Waals surface area contributed by atoms with Crippen molar-refractivity contribution in [2.45, 2.75) is 32.6 Å². The lowest BCUT2D eigenvalue weighted by molar-refractivity contribution is -0.108. The van der Waals surface area contributed by atoms with Crippen LogP contribution >= 0.6 is 0 Å². The summed E-state index contributed by atoms with van der Waals surface area (Å²) in [5.74, 6) is 0.178. The third-order valence-electron chi connectivity index (χ3n) is 2.62. The standard InChI is InChI=1S/C12H19N3O/c1-9-8-14-10(2)12(15-9)11(5-7-16)4-6-13-3/h7-8,11,13H,4-6H2,1-3H3. The molecule has 88 valence electrons. The van der Waals surface area contributed by atoms with Crippen LogP contribution in [0.5, 0.6) is 0 Å². The van der Waals surface area contributed by atoms with Gasteiger partial charge in [-0.1, -0.05) is 0 Å². The van der Waals surface area contributed by atoms with Gasteiger partial charge in [-0.15, -0.1) is 0 Å². The molecule has 1 aromatic rings. The van der Waals surface area contributed by atoms with Gasteiger partial charge in [0, 0.05) is 18.5 Å². The van der Waals surface area contributed by atoms with Gasteiger partial charge in [-0.05, 0) is 33.9 Å². The third-order valence-corrected chi connectivity index (χ3v) is 2.62. The Bertz CT molecular complexity index is 352. The van der Waals surface area contributed by atoms with Crippen LogP contribution in [0.4, 0.5) is 0 Å². The van der Waals surface area contributed by atoms with Crippen LogP contribution in [0, 0.1) is 13.8 Å². The summed E-state index contributed by atoms with van der Waals surface area (Å²) < 4.78 is 0. The molecule has 0 aliphatic carbocycles. The summed E-state index contributed by atoms with van der Waals surface area (Å²) in [5, 5.41) is 3.10. The topological polar surface area (TPSA) is 54.9 Å². The first kappa shape index (κ1) is 12.8. The van der Waals surface area contributed by atoms with Crippen molar-refractivity contribution in [3.63, 3.8) is 0 Å². The van der Waals surface area contributed by atoms with E-state index in [-0.39, 0.29) is 5.92 Å².